The molecular formula is C20H25ClN4O. The lowest BCUT2D eigenvalue weighted by Gasteiger charge is -2.12. The van der Waals surface area contributed by atoms with Crippen LogP contribution in [0.2, 0.25) is 5.02 Å². The molecule has 0 fully saturated rings. The zero-order chi connectivity index (χ0) is 18.8. The van der Waals surface area contributed by atoms with Crippen LogP contribution in [0.1, 0.15) is 28.4 Å². The highest BCUT2D eigenvalue weighted by Gasteiger charge is 2.04. The van der Waals surface area contributed by atoms with Gasteiger partial charge in [-0.3, -0.25) is 9.79 Å². The molecule has 0 unspecified atom stereocenters. The monoisotopic (exact) mass is 372 g/mol. The Hall–Kier alpha value is -2.53. The van der Waals surface area contributed by atoms with E-state index in [1.165, 1.54) is 5.56 Å². The first-order chi connectivity index (χ1) is 12.6. The predicted molar refractivity (Wildman–Crippen MR) is 108 cm³/mol. The van der Waals surface area contributed by atoms with Gasteiger partial charge in [0.1, 0.15) is 0 Å². The smallest absolute Gasteiger partial charge is 0.251 e. The van der Waals surface area contributed by atoms with Gasteiger partial charge in [-0.2, -0.15) is 0 Å². The van der Waals surface area contributed by atoms with Crippen LogP contribution in [0, 0.1) is 0 Å². The molecule has 0 aromatic heterocycles. The van der Waals surface area contributed by atoms with Crippen molar-refractivity contribution in [3.8, 4) is 0 Å². The molecule has 0 radical (unpaired) electrons. The summed E-state index contributed by atoms with van der Waals surface area (Å²) in [4.78, 5) is 16.0. The molecule has 26 heavy (non-hydrogen) atoms. The van der Waals surface area contributed by atoms with Gasteiger partial charge in [-0.15, -0.1) is 0 Å². The molecular weight excluding hydrogens is 348 g/mol. The number of halogens is 1. The Morgan fingerprint density at radius 2 is 1.62 bits per heavy atom. The molecule has 2 aromatic rings. The van der Waals surface area contributed by atoms with Crippen LogP contribution in [0.3, 0.4) is 0 Å². The summed E-state index contributed by atoms with van der Waals surface area (Å²) in [5.41, 5.74) is 2.97. The highest BCUT2D eigenvalue weighted by atomic mass is 35.5. The van der Waals surface area contributed by atoms with Crippen molar-refractivity contribution in [3.63, 3.8) is 0 Å². The van der Waals surface area contributed by atoms with Gasteiger partial charge in [0.25, 0.3) is 5.91 Å². The summed E-state index contributed by atoms with van der Waals surface area (Å²) in [6.45, 7) is 3.94. The summed E-state index contributed by atoms with van der Waals surface area (Å²) in [5.74, 6) is 0.693. The van der Waals surface area contributed by atoms with Crippen LogP contribution in [0.4, 0.5) is 0 Å². The molecule has 6 heteroatoms. The van der Waals surface area contributed by atoms with Crippen molar-refractivity contribution in [1.29, 1.82) is 0 Å². The van der Waals surface area contributed by atoms with Crippen LogP contribution >= 0.6 is 11.6 Å². The van der Waals surface area contributed by atoms with E-state index >= 15 is 0 Å². The summed E-state index contributed by atoms with van der Waals surface area (Å²) < 4.78 is 0. The predicted octanol–water partition coefficient (Wildman–Crippen LogP) is 3.00. The molecule has 2 rings (SSSR count). The fraction of sp³-hybridized carbons (Fsp3) is 0.300. The minimum Gasteiger partial charge on any atom is -0.356 e. The van der Waals surface area contributed by atoms with E-state index < -0.39 is 0 Å². The molecule has 0 bridgehead atoms. The van der Waals surface area contributed by atoms with Gasteiger partial charge in [0, 0.05) is 37.3 Å². The Morgan fingerprint density at radius 1 is 0.962 bits per heavy atom. The Bertz CT molecular complexity index is 726. The van der Waals surface area contributed by atoms with Gasteiger partial charge >= 0.3 is 0 Å². The fourth-order valence-corrected chi connectivity index (χ4v) is 2.55. The average Bonchev–Trinajstić information content (AvgIpc) is 2.66. The topological polar surface area (TPSA) is 65.5 Å². The lowest BCUT2D eigenvalue weighted by molar-refractivity contribution is 0.0956. The number of amides is 1. The van der Waals surface area contributed by atoms with Gasteiger partial charge in [0.05, 0.1) is 0 Å². The molecule has 0 saturated heterocycles. The van der Waals surface area contributed by atoms with Crippen LogP contribution in [0.15, 0.2) is 53.5 Å². The third-order valence-electron chi connectivity index (χ3n) is 3.86. The SMILES string of the molecule is CCNC(=O)c1ccc(CNC(=NC)NCCc2ccc(Cl)cc2)cc1. The van der Waals surface area contributed by atoms with E-state index in [9.17, 15) is 4.79 Å². The first-order valence-corrected chi connectivity index (χ1v) is 9.06. The van der Waals surface area contributed by atoms with Crippen molar-refractivity contribution >= 4 is 23.5 Å². The number of rotatable bonds is 7. The third kappa shape index (κ3) is 6.41. The highest BCUT2D eigenvalue weighted by Crippen LogP contribution is 2.09. The number of nitrogens with zero attached hydrogens (tertiary/aromatic N) is 1. The van der Waals surface area contributed by atoms with Gasteiger partial charge < -0.3 is 16.0 Å². The number of carbonyl (C=O) groups excluding carboxylic acids is 1. The molecule has 5 nitrogen and oxygen atoms in total. The number of carbonyl (C=O) groups is 1. The standard InChI is InChI=1S/C20H25ClN4O/c1-3-23-19(26)17-8-4-16(5-9-17)14-25-20(22-2)24-13-12-15-6-10-18(21)11-7-15/h4-11H,3,12-14H2,1-2H3,(H,23,26)(H2,22,24,25). The van der Waals surface area contributed by atoms with E-state index in [1.807, 2.05) is 55.5 Å². The number of benzene rings is 2. The summed E-state index contributed by atoms with van der Waals surface area (Å²) in [5, 5.41) is 10.1. The molecule has 0 spiro atoms. The molecule has 0 aliphatic rings. The minimum atomic E-state index is -0.0494. The average molecular weight is 373 g/mol. The van der Waals surface area contributed by atoms with Crippen LogP contribution in [-0.4, -0.2) is 32.0 Å². The Balaban J connectivity index is 1.77. The van der Waals surface area contributed by atoms with E-state index in [0.717, 1.165) is 29.5 Å². The molecule has 0 heterocycles. The zero-order valence-corrected chi connectivity index (χ0v) is 15.9. The van der Waals surface area contributed by atoms with Crippen molar-refractivity contribution < 1.29 is 4.79 Å². The lowest BCUT2D eigenvalue weighted by atomic mass is 10.1. The Labute approximate surface area is 159 Å². The molecule has 0 saturated carbocycles. The minimum absolute atomic E-state index is 0.0494. The zero-order valence-electron chi connectivity index (χ0n) is 15.2. The molecule has 138 valence electrons. The summed E-state index contributed by atoms with van der Waals surface area (Å²) >= 11 is 5.89. The van der Waals surface area contributed by atoms with Crippen LogP contribution in [0.25, 0.3) is 0 Å². The second kappa shape index (κ2) is 10.5. The second-order valence-electron chi connectivity index (χ2n) is 5.79. The first-order valence-electron chi connectivity index (χ1n) is 8.68. The van der Waals surface area contributed by atoms with Crippen molar-refractivity contribution in [1.82, 2.24) is 16.0 Å². The van der Waals surface area contributed by atoms with E-state index in [4.69, 9.17) is 11.6 Å². The molecule has 0 atom stereocenters. The second-order valence-corrected chi connectivity index (χ2v) is 6.22. The Kier molecular flexibility index (Phi) is 7.96. The van der Waals surface area contributed by atoms with Crippen molar-refractivity contribution in [2.75, 3.05) is 20.1 Å². The summed E-state index contributed by atoms with van der Waals surface area (Å²) in [6, 6.07) is 15.4. The maximum absolute atomic E-state index is 11.8. The maximum Gasteiger partial charge on any atom is 0.251 e. The molecule has 2 aromatic carbocycles. The molecule has 3 N–H and O–H groups in total. The molecule has 0 aliphatic carbocycles. The largest absolute Gasteiger partial charge is 0.356 e. The molecule has 0 aliphatic heterocycles. The van der Waals surface area contributed by atoms with Crippen molar-refractivity contribution in [2.24, 2.45) is 4.99 Å². The number of hydrogen-bond donors (Lipinski definition) is 3. The third-order valence-corrected chi connectivity index (χ3v) is 4.11. The van der Waals surface area contributed by atoms with Gasteiger partial charge in [0.2, 0.25) is 0 Å². The number of nitrogens with one attached hydrogen (secondary N) is 3. The summed E-state index contributed by atoms with van der Waals surface area (Å²) in [6.07, 6.45) is 0.888. The maximum atomic E-state index is 11.8. The van der Waals surface area contributed by atoms with Crippen LogP contribution in [0.5, 0.6) is 0 Å². The van der Waals surface area contributed by atoms with Crippen LogP contribution < -0.4 is 16.0 Å². The highest BCUT2D eigenvalue weighted by molar-refractivity contribution is 6.30. The quantitative estimate of drug-likeness (QED) is 0.517. The van der Waals surface area contributed by atoms with E-state index in [2.05, 4.69) is 20.9 Å². The van der Waals surface area contributed by atoms with E-state index in [0.29, 0.717) is 18.7 Å². The van der Waals surface area contributed by atoms with Gasteiger partial charge in [-0.05, 0) is 48.7 Å². The van der Waals surface area contributed by atoms with Crippen molar-refractivity contribution in [2.45, 2.75) is 19.9 Å². The first kappa shape index (κ1) is 19.8. The normalized spacial score (nSPS) is 11.1. The van der Waals surface area contributed by atoms with Gasteiger partial charge in [0.15, 0.2) is 5.96 Å². The number of hydrogen-bond acceptors (Lipinski definition) is 2. The van der Waals surface area contributed by atoms with Crippen molar-refractivity contribution in [3.05, 3.63) is 70.2 Å². The van der Waals surface area contributed by atoms with Gasteiger partial charge in [-0.1, -0.05) is 35.9 Å². The van der Waals surface area contributed by atoms with Gasteiger partial charge in [-0.25, -0.2) is 0 Å². The fourth-order valence-electron chi connectivity index (χ4n) is 2.42. The molecule has 1 amide bonds. The van der Waals surface area contributed by atoms with Crippen LogP contribution in [-0.2, 0) is 13.0 Å². The van der Waals surface area contributed by atoms with E-state index in [1.54, 1.807) is 7.05 Å². The van der Waals surface area contributed by atoms with E-state index in [-0.39, 0.29) is 5.91 Å². The summed E-state index contributed by atoms with van der Waals surface area (Å²) in [7, 11) is 1.75. The number of guanidine groups is 1. The number of aliphatic imine (C=N–C) groups is 1. The lowest BCUT2D eigenvalue weighted by Crippen LogP contribution is -2.37. The Morgan fingerprint density at radius 3 is 2.23 bits per heavy atom.